The molecule has 0 aliphatic rings. The minimum atomic E-state index is -1.11. The number of aliphatic hydroxyl groups is 1. The van der Waals surface area contributed by atoms with E-state index in [0.29, 0.717) is 22.3 Å². The zero-order valence-electron chi connectivity index (χ0n) is 17.1. The van der Waals surface area contributed by atoms with Crippen LogP contribution in [-0.4, -0.2) is 46.6 Å². The number of nitrogens with zero attached hydrogens (tertiary/aromatic N) is 2. The third kappa shape index (κ3) is 6.16. The zero-order valence-corrected chi connectivity index (χ0v) is 17.9. The second kappa shape index (κ2) is 11.1. The normalized spacial score (nSPS) is 11.3. The van der Waals surface area contributed by atoms with E-state index in [0.717, 1.165) is 5.56 Å². The predicted octanol–water partition coefficient (Wildman–Crippen LogP) is 2.34. The summed E-state index contributed by atoms with van der Waals surface area (Å²) in [4.78, 5) is 32.0. The van der Waals surface area contributed by atoms with Gasteiger partial charge in [-0.15, -0.1) is 0 Å². The molecule has 0 fully saturated rings. The smallest absolute Gasteiger partial charge is 0.255 e. The van der Waals surface area contributed by atoms with Crippen LogP contribution in [0.5, 0.6) is 17.2 Å². The van der Waals surface area contributed by atoms with Crippen LogP contribution < -0.4 is 20.1 Å². The van der Waals surface area contributed by atoms with Crippen LogP contribution in [0.4, 0.5) is 0 Å². The van der Waals surface area contributed by atoms with Gasteiger partial charge in [0.05, 0.1) is 24.3 Å². The van der Waals surface area contributed by atoms with Crippen LogP contribution in [0.3, 0.4) is 0 Å². The molecule has 0 aliphatic carbocycles. The maximum Gasteiger partial charge on any atom is 0.255 e. The van der Waals surface area contributed by atoms with Gasteiger partial charge in [-0.05, 0) is 29.8 Å². The highest BCUT2D eigenvalue weighted by Gasteiger charge is 2.20. The number of aromatic nitrogens is 2. The van der Waals surface area contributed by atoms with Gasteiger partial charge in [0, 0.05) is 25.0 Å². The Morgan fingerprint density at radius 3 is 2.41 bits per heavy atom. The highest BCUT2D eigenvalue weighted by Crippen LogP contribution is 2.32. The first kappa shape index (κ1) is 23.0. The summed E-state index contributed by atoms with van der Waals surface area (Å²) in [5, 5.41) is 15.0. The Kier molecular flexibility index (Phi) is 7.96. The van der Waals surface area contributed by atoms with Crippen LogP contribution >= 0.6 is 11.6 Å². The van der Waals surface area contributed by atoms with Gasteiger partial charge in [-0.2, -0.15) is 0 Å². The quantitative estimate of drug-likeness (QED) is 0.451. The molecule has 1 heterocycles. The molecule has 1 atom stereocenters. The molecule has 3 aromatic rings. The number of halogens is 1. The van der Waals surface area contributed by atoms with Gasteiger partial charge in [0.25, 0.3) is 5.91 Å². The van der Waals surface area contributed by atoms with Crippen molar-refractivity contribution in [2.45, 2.75) is 12.6 Å². The Bertz CT molecular complexity index is 1060. The molecule has 0 radical (unpaired) electrons. The van der Waals surface area contributed by atoms with Crippen LogP contribution in [0.15, 0.2) is 61.2 Å². The number of carbonyl (C=O) groups is 2. The van der Waals surface area contributed by atoms with Crippen LogP contribution in [0.1, 0.15) is 15.9 Å². The van der Waals surface area contributed by atoms with E-state index in [-0.39, 0.29) is 12.1 Å². The van der Waals surface area contributed by atoms with E-state index < -0.39 is 24.5 Å². The lowest BCUT2D eigenvalue weighted by atomic mass is 10.2. The predicted molar refractivity (Wildman–Crippen MR) is 117 cm³/mol. The van der Waals surface area contributed by atoms with E-state index in [1.165, 1.54) is 18.7 Å². The zero-order chi connectivity index (χ0) is 22.9. The SMILES string of the molecule is COc1ccc(Oc2ccc(CNC(=O)C(CO)NC(=O)c3cncnc3)cc2)c(Cl)c1. The summed E-state index contributed by atoms with van der Waals surface area (Å²) < 4.78 is 10.9. The molecule has 0 aliphatic heterocycles. The molecule has 0 saturated carbocycles. The average Bonchev–Trinajstić information content (AvgIpc) is 2.83. The van der Waals surface area contributed by atoms with Gasteiger partial charge in [0.1, 0.15) is 29.6 Å². The van der Waals surface area contributed by atoms with E-state index in [2.05, 4.69) is 20.6 Å². The molecule has 0 bridgehead atoms. The van der Waals surface area contributed by atoms with Crippen molar-refractivity contribution in [2.75, 3.05) is 13.7 Å². The number of carbonyl (C=O) groups excluding carboxylic acids is 2. The number of nitrogens with one attached hydrogen (secondary N) is 2. The van der Waals surface area contributed by atoms with Crippen molar-refractivity contribution in [3.63, 3.8) is 0 Å². The van der Waals surface area contributed by atoms with Gasteiger partial charge in [-0.3, -0.25) is 9.59 Å². The lowest BCUT2D eigenvalue weighted by Crippen LogP contribution is -2.48. The minimum Gasteiger partial charge on any atom is -0.497 e. The number of ether oxygens (including phenoxy) is 2. The molecule has 3 N–H and O–H groups in total. The molecule has 2 amide bonds. The Labute approximate surface area is 189 Å². The van der Waals surface area contributed by atoms with Crippen LogP contribution in [0, 0.1) is 0 Å². The molecule has 9 nitrogen and oxygen atoms in total. The molecule has 166 valence electrons. The number of rotatable bonds is 9. The first-order valence-electron chi connectivity index (χ1n) is 9.55. The molecule has 32 heavy (non-hydrogen) atoms. The van der Waals surface area contributed by atoms with Crippen molar-refractivity contribution in [2.24, 2.45) is 0 Å². The standard InChI is InChI=1S/C22H21ClN4O5/c1-31-17-6-7-20(18(23)8-17)32-16-4-2-14(3-5-16)9-26-22(30)19(12-28)27-21(29)15-10-24-13-25-11-15/h2-8,10-11,13,19,28H,9,12H2,1H3,(H,26,30)(H,27,29). The molecule has 2 aromatic carbocycles. The van der Waals surface area contributed by atoms with E-state index >= 15 is 0 Å². The fourth-order valence-corrected chi connectivity index (χ4v) is 2.87. The number of benzene rings is 2. The van der Waals surface area contributed by atoms with Crippen molar-refractivity contribution in [1.82, 2.24) is 20.6 Å². The second-order valence-electron chi connectivity index (χ2n) is 6.60. The van der Waals surface area contributed by atoms with E-state index in [4.69, 9.17) is 21.1 Å². The first-order chi connectivity index (χ1) is 15.5. The lowest BCUT2D eigenvalue weighted by molar-refractivity contribution is -0.124. The second-order valence-corrected chi connectivity index (χ2v) is 7.00. The highest BCUT2D eigenvalue weighted by atomic mass is 35.5. The Balaban J connectivity index is 1.53. The van der Waals surface area contributed by atoms with Crippen LogP contribution in [0.25, 0.3) is 0 Å². The van der Waals surface area contributed by atoms with Gasteiger partial charge in [0.15, 0.2) is 0 Å². The summed E-state index contributed by atoms with van der Waals surface area (Å²) in [6.45, 7) is -0.357. The van der Waals surface area contributed by atoms with Crippen molar-refractivity contribution in [3.05, 3.63) is 77.3 Å². The van der Waals surface area contributed by atoms with Crippen molar-refractivity contribution < 1.29 is 24.2 Å². The third-order valence-corrected chi connectivity index (χ3v) is 4.68. The molecular formula is C22H21ClN4O5. The summed E-state index contributed by atoms with van der Waals surface area (Å²) in [6, 6.07) is 11.0. The molecule has 10 heteroatoms. The number of amides is 2. The summed E-state index contributed by atoms with van der Waals surface area (Å²) in [7, 11) is 1.55. The summed E-state index contributed by atoms with van der Waals surface area (Å²) >= 11 is 6.18. The van der Waals surface area contributed by atoms with Gasteiger partial charge < -0.3 is 25.2 Å². The highest BCUT2D eigenvalue weighted by molar-refractivity contribution is 6.32. The molecule has 3 rings (SSSR count). The topological polar surface area (TPSA) is 123 Å². The van der Waals surface area contributed by atoms with Crippen LogP contribution in [-0.2, 0) is 11.3 Å². The van der Waals surface area contributed by atoms with E-state index in [1.54, 1.807) is 49.6 Å². The molecule has 0 spiro atoms. The van der Waals surface area contributed by atoms with E-state index in [9.17, 15) is 14.7 Å². The summed E-state index contributed by atoms with van der Waals surface area (Å²) in [6.07, 6.45) is 3.92. The fraction of sp³-hybridized carbons (Fsp3) is 0.182. The third-order valence-electron chi connectivity index (χ3n) is 4.38. The minimum absolute atomic E-state index is 0.186. The molecule has 0 saturated heterocycles. The molecule has 1 aromatic heterocycles. The fourth-order valence-electron chi connectivity index (χ4n) is 2.66. The average molecular weight is 457 g/mol. The Morgan fingerprint density at radius 2 is 1.78 bits per heavy atom. The van der Waals surface area contributed by atoms with Gasteiger partial charge in [0.2, 0.25) is 5.91 Å². The lowest BCUT2D eigenvalue weighted by Gasteiger charge is -2.16. The molecular weight excluding hydrogens is 436 g/mol. The number of hydrogen-bond acceptors (Lipinski definition) is 7. The Morgan fingerprint density at radius 1 is 1.09 bits per heavy atom. The maximum atomic E-state index is 12.3. The maximum absolute atomic E-state index is 12.3. The largest absolute Gasteiger partial charge is 0.497 e. The van der Waals surface area contributed by atoms with Crippen molar-refractivity contribution in [1.29, 1.82) is 0 Å². The van der Waals surface area contributed by atoms with Crippen molar-refractivity contribution in [3.8, 4) is 17.2 Å². The number of hydrogen-bond donors (Lipinski definition) is 3. The first-order valence-corrected chi connectivity index (χ1v) is 9.92. The summed E-state index contributed by atoms with van der Waals surface area (Å²) in [5.41, 5.74) is 0.984. The van der Waals surface area contributed by atoms with Gasteiger partial charge in [-0.1, -0.05) is 23.7 Å². The number of aliphatic hydroxyl groups excluding tert-OH is 1. The van der Waals surface area contributed by atoms with Crippen molar-refractivity contribution >= 4 is 23.4 Å². The number of methoxy groups -OCH3 is 1. The van der Waals surface area contributed by atoms with Crippen LogP contribution in [0.2, 0.25) is 5.02 Å². The van der Waals surface area contributed by atoms with E-state index in [1.807, 2.05) is 0 Å². The Hall–Kier alpha value is -3.69. The molecule has 1 unspecified atom stereocenters. The van der Waals surface area contributed by atoms with Gasteiger partial charge in [-0.25, -0.2) is 9.97 Å². The van der Waals surface area contributed by atoms with Gasteiger partial charge >= 0.3 is 0 Å². The summed E-state index contributed by atoms with van der Waals surface area (Å²) in [5.74, 6) is 0.598. The monoisotopic (exact) mass is 456 g/mol.